The Kier molecular flexibility index (Phi) is 4.25. The number of hydrogen-bond donors (Lipinski definition) is 0. The van der Waals surface area contributed by atoms with Crippen molar-refractivity contribution in [2.24, 2.45) is 11.8 Å². The van der Waals surface area contributed by atoms with E-state index in [0.717, 1.165) is 24.5 Å². The van der Waals surface area contributed by atoms with Crippen LogP contribution in [0.1, 0.15) is 32.8 Å². The van der Waals surface area contributed by atoms with E-state index in [4.69, 9.17) is 0 Å². The highest BCUT2D eigenvalue weighted by Crippen LogP contribution is 2.20. The van der Waals surface area contributed by atoms with E-state index in [2.05, 4.69) is 20.8 Å². The molecule has 0 aliphatic rings. The van der Waals surface area contributed by atoms with Gasteiger partial charge in [0, 0.05) is 6.07 Å². The standard InChI is InChI=1S/C13H18F2/c1-4-9(2)10(3)5-11-6-12(14)8-13(15)7-11/h6-10H,4-5H2,1-3H3/t9-,10?/m1/s1. The third-order valence-corrected chi connectivity index (χ3v) is 3.10. The molecule has 0 bridgehead atoms. The Labute approximate surface area is 90.3 Å². The largest absolute Gasteiger partial charge is 0.207 e. The predicted octanol–water partition coefficient (Wildman–Crippen LogP) is 4.19. The molecule has 1 aromatic carbocycles. The van der Waals surface area contributed by atoms with Gasteiger partial charge < -0.3 is 0 Å². The molecular weight excluding hydrogens is 194 g/mol. The normalized spacial score (nSPS) is 15.0. The highest BCUT2D eigenvalue weighted by atomic mass is 19.1. The lowest BCUT2D eigenvalue weighted by Crippen LogP contribution is -2.10. The van der Waals surface area contributed by atoms with Gasteiger partial charge in [-0.05, 0) is 36.0 Å². The molecule has 0 aromatic heterocycles. The third-order valence-electron chi connectivity index (χ3n) is 3.10. The van der Waals surface area contributed by atoms with Gasteiger partial charge in [-0.15, -0.1) is 0 Å². The molecule has 0 heterocycles. The summed E-state index contributed by atoms with van der Waals surface area (Å²) in [5.74, 6) is 0.0650. The SMILES string of the molecule is CC[C@@H](C)C(C)Cc1cc(F)cc(F)c1. The monoisotopic (exact) mass is 212 g/mol. The number of rotatable bonds is 4. The predicted molar refractivity (Wildman–Crippen MR) is 58.7 cm³/mol. The summed E-state index contributed by atoms with van der Waals surface area (Å²) in [6, 6.07) is 3.75. The Morgan fingerprint density at radius 2 is 1.53 bits per heavy atom. The first-order valence-electron chi connectivity index (χ1n) is 5.48. The summed E-state index contributed by atoms with van der Waals surface area (Å²) in [5, 5.41) is 0. The Balaban J connectivity index is 2.72. The van der Waals surface area contributed by atoms with Gasteiger partial charge in [-0.3, -0.25) is 0 Å². The van der Waals surface area contributed by atoms with E-state index >= 15 is 0 Å². The average molecular weight is 212 g/mol. The molecule has 2 atom stereocenters. The minimum Gasteiger partial charge on any atom is -0.207 e. The summed E-state index contributed by atoms with van der Waals surface area (Å²) in [4.78, 5) is 0. The average Bonchev–Trinajstić information content (AvgIpc) is 2.14. The zero-order valence-corrected chi connectivity index (χ0v) is 9.56. The van der Waals surface area contributed by atoms with E-state index in [-0.39, 0.29) is 0 Å². The van der Waals surface area contributed by atoms with Crippen LogP contribution in [0, 0.1) is 23.5 Å². The van der Waals surface area contributed by atoms with Crippen LogP contribution in [-0.4, -0.2) is 0 Å². The van der Waals surface area contributed by atoms with Gasteiger partial charge in [0.1, 0.15) is 11.6 Å². The minimum absolute atomic E-state index is 0.455. The van der Waals surface area contributed by atoms with Crippen LogP contribution < -0.4 is 0 Å². The van der Waals surface area contributed by atoms with Gasteiger partial charge in [0.25, 0.3) is 0 Å². The summed E-state index contributed by atoms with van der Waals surface area (Å²) >= 11 is 0. The van der Waals surface area contributed by atoms with Crippen LogP contribution >= 0.6 is 0 Å². The quantitative estimate of drug-likeness (QED) is 0.702. The zero-order valence-electron chi connectivity index (χ0n) is 9.56. The zero-order chi connectivity index (χ0) is 11.4. The van der Waals surface area contributed by atoms with Crippen LogP contribution in [-0.2, 0) is 6.42 Å². The second kappa shape index (κ2) is 5.24. The molecular formula is C13H18F2. The lowest BCUT2D eigenvalue weighted by molar-refractivity contribution is 0.374. The molecule has 15 heavy (non-hydrogen) atoms. The Bertz CT molecular complexity index is 300. The summed E-state index contributed by atoms with van der Waals surface area (Å²) in [6.07, 6.45) is 1.84. The molecule has 0 spiro atoms. The van der Waals surface area contributed by atoms with Gasteiger partial charge in [-0.1, -0.05) is 27.2 Å². The maximum Gasteiger partial charge on any atom is 0.126 e. The summed E-state index contributed by atoms with van der Waals surface area (Å²) in [6.45, 7) is 6.42. The molecule has 0 aliphatic carbocycles. The first-order chi connectivity index (χ1) is 7.02. The van der Waals surface area contributed by atoms with Crippen LogP contribution in [0.15, 0.2) is 18.2 Å². The van der Waals surface area contributed by atoms with Crippen molar-refractivity contribution in [2.75, 3.05) is 0 Å². The first kappa shape index (κ1) is 12.2. The van der Waals surface area contributed by atoms with Gasteiger partial charge in [0.05, 0.1) is 0 Å². The van der Waals surface area contributed by atoms with Crippen LogP contribution in [0.3, 0.4) is 0 Å². The molecule has 0 nitrogen and oxygen atoms in total. The minimum atomic E-state index is -0.485. The van der Waals surface area contributed by atoms with Crippen molar-refractivity contribution in [1.82, 2.24) is 0 Å². The molecule has 0 aliphatic heterocycles. The Morgan fingerprint density at radius 1 is 1.00 bits per heavy atom. The Hall–Kier alpha value is -0.920. The van der Waals surface area contributed by atoms with Crippen molar-refractivity contribution in [1.29, 1.82) is 0 Å². The third kappa shape index (κ3) is 3.61. The molecule has 84 valence electrons. The number of benzene rings is 1. The van der Waals surface area contributed by atoms with Crippen molar-refractivity contribution >= 4 is 0 Å². The van der Waals surface area contributed by atoms with Gasteiger partial charge in [0.2, 0.25) is 0 Å². The lowest BCUT2D eigenvalue weighted by Gasteiger charge is -2.18. The van der Waals surface area contributed by atoms with Crippen molar-refractivity contribution in [3.05, 3.63) is 35.4 Å². The molecule has 0 amide bonds. The lowest BCUT2D eigenvalue weighted by atomic mass is 9.88. The first-order valence-corrected chi connectivity index (χ1v) is 5.48. The van der Waals surface area contributed by atoms with Gasteiger partial charge in [-0.2, -0.15) is 0 Å². The summed E-state index contributed by atoms with van der Waals surface area (Å²) in [7, 11) is 0. The molecule has 1 aromatic rings. The molecule has 0 radical (unpaired) electrons. The highest BCUT2D eigenvalue weighted by molar-refractivity contribution is 5.18. The highest BCUT2D eigenvalue weighted by Gasteiger charge is 2.11. The molecule has 1 unspecified atom stereocenters. The van der Waals surface area contributed by atoms with Crippen LogP contribution in [0.4, 0.5) is 8.78 Å². The topological polar surface area (TPSA) is 0 Å². The van der Waals surface area contributed by atoms with Crippen molar-refractivity contribution in [3.8, 4) is 0 Å². The Morgan fingerprint density at radius 3 is 2.00 bits per heavy atom. The van der Waals surface area contributed by atoms with Gasteiger partial charge >= 0.3 is 0 Å². The second-order valence-electron chi connectivity index (χ2n) is 4.34. The van der Waals surface area contributed by atoms with Gasteiger partial charge in [0.15, 0.2) is 0 Å². The number of halogens is 2. The van der Waals surface area contributed by atoms with Crippen LogP contribution in [0.25, 0.3) is 0 Å². The van der Waals surface area contributed by atoms with Crippen molar-refractivity contribution in [3.63, 3.8) is 0 Å². The van der Waals surface area contributed by atoms with E-state index in [9.17, 15) is 8.78 Å². The number of hydrogen-bond acceptors (Lipinski definition) is 0. The van der Waals surface area contributed by atoms with Crippen LogP contribution in [0.5, 0.6) is 0 Å². The van der Waals surface area contributed by atoms with E-state index in [1.54, 1.807) is 0 Å². The van der Waals surface area contributed by atoms with Crippen LogP contribution in [0.2, 0.25) is 0 Å². The summed E-state index contributed by atoms with van der Waals surface area (Å²) in [5.41, 5.74) is 0.750. The van der Waals surface area contributed by atoms with Crippen molar-refractivity contribution in [2.45, 2.75) is 33.6 Å². The molecule has 0 saturated heterocycles. The molecule has 0 N–H and O–H groups in total. The fourth-order valence-electron chi connectivity index (χ4n) is 1.70. The van der Waals surface area contributed by atoms with E-state index < -0.39 is 11.6 Å². The molecule has 1 rings (SSSR count). The van der Waals surface area contributed by atoms with Gasteiger partial charge in [-0.25, -0.2) is 8.78 Å². The fraction of sp³-hybridized carbons (Fsp3) is 0.538. The maximum absolute atomic E-state index is 12.9. The maximum atomic E-state index is 12.9. The molecule has 2 heteroatoms. The molecule has 0 saturated carbocycles. The smallest absolute Gasteiger partial charge is 0.126 e. The molecule has 0 fully saturated rings. The van der Waals surface area contributed by atoms with E-state index in [1.165, 1.54) is 12.1 Å². The second-order valence-corrected chi connectivity index (χ2v) is 4.34. The van der Waals surface area contributed by atoms with Crippen molar-refractivity contribution < 1.29 is 8.78 Å². The van der Waals surface area contributed by atoms with E-state index in [1.807, 2.05) is 0 Å². The van der Waals surface area contributed by atoms with E-state index in [0.29, 0.717) is 11.8 Å². The fourth-order valence-corrected chi connectivity index (χ4v) is 1.70. The summed E-state index contributed by atoms with van der Waals surface area (Å²) < 4.78 is 25.8.